The van der Waals surface area contributed by atoms with Gasteiger partial charge < -0.3 is 14.8 Å². The average Bonchev–Trinajstić information content (AvgIpc) is 2.38. The van der Waals surface area contributed by atoms with Gasteiger partial charge in [0.25, 0.3) is 0 Å². The average molecular weight is 291 g/mol. The van der Waals surface area contributed by atoms with Crippen molar-refractivity contribution in [1.29, 1.82) is 0 Å². The zero-order valence-corrected chi connectivity index (χ0v) is 11.7. The third-order valence-corrected chi connectivity index (χ3v) is 2.67. The normalized spacial score (nSPS) is 11.4. The molecule has 20 heavy (non-hydrogen) atoms. The molecule has 0 aliphatic rings. The number of rotatable bonds is 8. The SMILES string of the molecule is CCOc1ccc(CNCCCC(F)(F)F)cc1OC. The fourth-order valence-electron chi connectivity index (χ4n) is 1.74. The smallest absolute Gasteiger partial charge is 0.389 e. The minimum absolute atomic E-state index is 0.0810. The molecular weight excluding hydrogens is 271 g/mol. The van der Waals surface area contributed by atoms with Crippen LogP contribution in [0, 0.1) is 0 Å². The van der Waals surface area contributed by atoms with Crippen LogP contribution in [0.4, 0.5) is 13.2 Å². The first-order valence-corrected chi connectivity index (χ1v) is 6.53. The van der Waals surface area contributed by atoms with E-state index in [0.717, 1.165) is 5.56 Å². The van der Waals surface area contributed by atoms with Crippen LogP contribution in [0.5, 0.6) is 11.5 Å². The molecule has 114 valence electrons. The molecule has 0 saturated carbocycles. The highest BCUT2D eigenvalue weighted by molar-refractivity contribution is 5.42. The Bertz CT molecular complexity index is 408. The van der Waals surface area contributed by atoms with Gasteiger partial charge in [-0.1, -0.05) is 6.07 Å². The van der Waals surface area contributed by atoms with Crippen LogP contribution in [-0.4, -0.2) is 26.4 Å². The van der Waals surface area contributed by atoms with E-state index in [1.807, 2.05) is 19.1 Å². The summed E-state index contributed by atoms with van der Waals surface area (Å²) in [6.07, 6.45) is -4.76. The van der Waals surface area contributed by atoms with E-state index in [4.69, 9.17) is 9.47 Å². The number of methoxy groups -OCH3 is 1. The molecule has 0 atom stereocenters. The maximum Gasteiger partial charge on any atom is 0.389 e. The Labute approximate surface area is 117 Å². The van der Waals surface area contributed by atoms with Crippen LogP contribution >= 0.6 is 0 Å². The van der Waals surface area contributed by atoms with E-state index in [-0.39, 0.29) is 6.42 Å². The van der Waals surface area contributed by atoms with Crippen LogP contribution in [0.25, 0.3) is 0 Å². The number of hydrogen-bond donors (Lipinski definition) is 1. The van der Waals surface area contributed by atoms with Crippen LogP contribution in [0.3, 0.4) is 0 Å². The first-order valence-electron chi connectivity index (χ1n) is 6.53. The van der Waals surface area contributed by atoms with Crippen molar-refractivity contribution in [3.05, 3.63) is 23.8 Å². The Hall–Kier alpha value is -1.43. The maximum atomic E-state index is 12.0. The van der Waals surface area contributed by atoms with Crippen molar-refractivity contribution in [2.75, 3.05) is 20.3 Å². The second-order valence-corrected chi connectivity index (χ2v) is 4.31. The molecule has 1 rings (SSSR count). The van der Waals surface area contributed by atoms with Gasteiger partial charge in [-0.2, -0.15) is 13.2 Å². The topological polar surface area (TPSA) is 30.5 Å². The van der Waals surface area contributed by atoms with Crippen LogP contribution in [0.2, 0.25) is 0 Å². The Morgan fingerprint density at radius 2 is 1.95 bits per heavy atom. The molecule has 6 heteroatoms. The first kappa shape index (κ1) is 16.6. The van der Waals surface area contributed by atoms with Crippen molar-refractivity contribution < 1.29 is 22.6 Å². The lowest BCUT2D eigenvalue weighted by Gasteiger charge is -2.11. The number of ether oxygens (including phenoxy) is 2. The summed E-state index contributed by atoms with van der Waals surface area (Å²) < 4.78 is 46.5. The molecule has 0 unspecified atom stereocenters. The van der Waals surface area contributed by atoms with E-state index in [1.165, 1.54) is 0 Å². The van der Waals surface area contributed by atoms with Crippen LogP contribution in [-0.2, 0) is 6.54 Å². The molecule has 0 heterocycles. The summed E-state index contributed by atoms with van der Waals surface area (Å²) in [7, 11) is 1.55. The lowest BCUT2D eigenvalue weighted by Crippen LogP contribution is -2.17. The standard InChI is InChI=1S/C14H20F3NO2/c1-3-20-12-6-5-11(9-13(12)19-2)10-18-8-4-7-14(15,16)17/h5-6,9,18H,3-4,7-8,10H2,1-2H3. The van der Waals surface area contributed by atoms with Crippen LogP contribution in [0.15, 0.2) is 18.2 Å². The molecule has 0 aliphatic carbocycles. The zero-order chi connectivity index (χ0) is 15.0. The Kier molecular flexibility index (Phi) is 6.64. The molecule has 0 spiro atoms. The maximum absolute atomic E-state index is 12.0. The van der Waals surface area contributed by atoms with Gasteiger partial charge in [-0.05, 0) is 37.6 Å². The molecule has 0 aromatic heterocycles. The predicted octanol–water partition coefficient (Wildman–Crippen LogP) is 3.53. The van der Waals surface area contributed by atoms with E-state index >= 15 is 0 Å². The molecular formula is C14H20F3NO2. The van der Waals surface area contributed by atoms with Crippen LogP contribution in [0.1, 0.15) is 25.3 Å². The van der Waals surface area contributed by atoms with Crippen molar-refractivity contribution in [2.45, 2.75) is 32.5 Å². The molecule has 1 aromatic rings. The second-order valence-electron chi connectivity index (χ2n) is 4.31. The summed E-state index contributed by atoms with van der Waals surface area (Å²) in [6, 6.07) is 5.49. The first-order chi connectivity index (χ1) is 9.46. The Morgan fingerprint density at radius 3 is 2.55 bits per heavy atom. The molecule has 3 nitrogen and oxygen atoms in total. The Balaban J connectivity index is 2.41. The fraction of sp³-hybridized carbons (Fsp3) is 0.571. The highest BCUT2D eigenvalue weighted by Crippen LogP contribution is 2.28. The molecule has 0 bridgehead atoms. The monoisotopic (exact) mass is 291 g/mol. The number of halogens is 3. The lowest BCUT2D eigenvalue weighted by atomic mass is 10.2. The van der Waals surface area contributed by atoms with Gasteiger partial charge in [0.15, 0.2) is 11.5 Å². The van der Waals surface area contributed by atoms with Crippen molar-refractivity contribution in [1.82, 2.24) is 5.32 Å². The quantitative estimate of drug-likeness (QED) is 0.743. The number of alkyl halides is 3. The number of hydrogen-bond acceptors (Lipinski definition) is 3. The minimum Gasteiger partial charge on any atom is -0.493 e. The van der Waals surface area contributed by atoms with E-state index in [2.05, 4.69) is 5.32 Å². The van der Waals surface area contributed by atoms with E-state index in [9.17, 15) is 13.2 Å². The van der Waals surface area contributed by atoms with Crippen molar-refractivity contribution in [2.24, 2.45) is 0 Å². The van der Waals surface area contributed by atoms with Gasteiger partial charge in [-0.25, -0.2) is 0 Å². The van der Waals surface area contributed by atoms with E-state index in [0.29, 0.717) is 31.2 Å². The minimum atomic E-state index is -4.08. The highest BCUT2D eigenvalue weighted by atomic mass is 19.4. The summed E-state index contributed by atoms with van der Waals surface area (Å²) in [6.45, 7) is 3.26. The number of nitrogens with one attached hydrogen (secondary N) is 1. The summed E-state index contributed by atoms with van der Waals surface area (Å²) in [5.41, 5.74) is 0.942. The lowest BCUT2D eigenvalue weighted by molar-refractivity contribution is -0.135. The summed E-state index contributed by atoms with van der Waals surface area (Å²) >= 11 is 0. The molecule has 0 aliphatic heterocycles. The molecule has 1 aromatic carbocycles. The zero-order valence-electron chi connectivity index (χ0n) is 11.7. The second kappa shape index (κ2) is 7.99. The highest BCUT2D eigenvalue weighted by Gasteiger charge is 2.25. The van der Waals surface area contributed by atoms with E-state index < -0.39 is 12.6 Å². The molecule has 1 N–H and O–H groups in total. The molecule has 0 fully saturated rings. The Morgan fingerprint density at radius 1 is 1.20 bits per heavy atom. The summed E-state index contributed by atoms with van der Waals surface area (Å²) in [4.78, 5) is 0. The predicted molar refractivity (Wildman–Crippen MR) is 71.2 cm³/mol. The fourth-order valence-corrected chi connectivity index (χ4v) is 1.74. The van der Waals surface area contributed by atoms with Crippen molar-refractivity contribution in [3.63, 3.8) is 0 Å². The van der Waals surface area contributed by atoms with Crippen LogP contribution < -0.4 is 14.8 Å². The van der Waals surface area contributed by atoms with Gasteiger partial charge in [0.2, 0.25) is 0 Å². The van der Waals surface area contributed by atoms with Gasteiger partial charge in [0.1, 0.15) is 0 Å². The molecule has 0 saturated heterocycles. The summed E-state index contributed by atoms with van der Waals surface area (Å²) in [5, 5.41) is 2.98. The van der Waals surface area contributed by atoms with Gasteiger partial charge in [0, 0.05) is 13.0 Å². The van der Waals surface area contributed by atoms with Crippen molar-refractivity contribution >= 4 is 0 Å². The summed E-state index contributed by atoms with van der Waals surface area (Å²) in [5.74, 6) is 1.29. The van der Waals surface area contributed by atoms with E-state index in [1.54, 1.807) is 13.2 Å². The third-order valence-electron chi connectivity index (χ3n) is 2.67. The molecule has 0 amide bonds. The largest absolute Gasteiger partial charge is 0.493 e. The molecule has 0 radical (unpaired) electrons. The number of benzene rings is 1. The third kappa shape index (κ3) is 6.14. The van der Waals surface area contributed by atoms with Gasteiger partial charge in [0.05, 0.1) is 13.7 Å². The van der Waals surface area contributed by atoms with Gasteiger partial charge >= 0.3 is 6.18 Å². The van der Waals surface area contributed by atoms with Crippen molar-refractivity contribution in [3.8, 4) is 11.5 Å². The van der Waals surface area contributed by atoms with Gasteiger partial charge in [-0.15, -0.1) is 0 Å². The van der Waals surface area contributed by atoms with Gasteiger partial charge in [-0.3, -0.25) is 0 Å².